The summed E-state index contributed by atoms with van der Waals surface area (Å²) in [4.78, 5) is 11.7. The number of aromatic nitrogens is 2. The highest BCUT2D eigenvalue weighted by Crippen LogP contribution is 2.30. The zero-order valence-electron chi connectivity index (χ0n) is 12.3. The van der Waals surface area contributed by atoms with Crippen LogP contribution < -0.4 is 5.32 Å². The highest BCUT2D eigenvalue weighted by molar-refractivity contribution is 5.78. The van der Waals surface area contributed by atoms with Gasteiger partial charge in [-0.15, -0.1) is 0 Å². The van der Waals surface area contributed by atoms with Crippen molar-refractivity contribution in [2.75, 3.05) is 6.54 Å². The number of amides is 1. The minimum absolute atomic E-state index is 0.0274. The Kier molecular flexibility index (Phi) is 5.05. The number of rotatable bonds is 5. The molecule has 0 aliphatic carbocycles. The Balaban J connectivity index is 1.91. The number of alkyl halides is 3. The van der Waals surface area contributed by atoms with E-state index in [1.54, 1.807) is 13.0 Å². The predicted molar refractivity (Wildman–Crippen MR) is 76.4 cm³/mol. The van der Waals surface area contributed by atoms with Crippen molar-refractivity contribution in [2.24, 2.45) is 0 Å². The summed E-state index contributed by atoms with van der Waals surface area (Å²) < 4.78 is 37.9. The smallest absolute Gasteiger partial charge is 0.387 e. The number of carbonyl (C=O) groups is 1. The summed E-state index contributed by atoms with van der Waals surface area (Å²) in [6, 6.07) is 6.10. The number of hydrogen-bond donors (Lipinski definition) is 3. The normalized spacial score (nSPS) is 12.9. The molecule has 1 amide bonds. The standard InChI is InChI=1S/C15H16F3N3O2/c1-9-5-12(21-20-9)7-14(23)19-8-13(22)10-3-2-4-11(6-10)15(16,17)18/h2-6,13,22H,7-8H2,1H3,(H,19,23)(H,20,21). The van der Waals surface area contributed by atoms with Gasteiger partial charge in [0.05, 0.1) is 23.8 Å². The van der Waals surface area contributed by atoms with Gasteiger partial charge in [0.1, 0.15) is 0 Å². The highest BCUT2D eigenvalue weighted by atomic mass is 19.4. The molecule has 1 aromatic carbocycles. The van der Waals surface area contributed by atoms with Crippen LogP contribution in [0, 0.1) is 6.92 Å². The average Bonchev–Trinajstić information content (AvgIpc) is 2.89. The van der Waals surface area contributed by atoms with Crippen molar-refractivity contribution in [3.8, 4) is 0 Å². The number of nitrogens with one attached hydrogen (secondary N) is 2. The number of halogens is 3. The summed E-state index contributed by atoms with van der Waals surface area (Å²) in [5, 5.41) is 19.0. The minimum Gasteiger partial charge on any atom is -0.387 e. The molecular weight excluding hydrogens is 311 g/mol. The van der Waals surface area contributed by atoms with Gasteiger partial charge in [0.15, 0.2) is 0 Å². The average molecular weight is 327 g/mol. The summed E-state index contributed by atoms with van der Waals surface area (Å²) in [5.74, 6) is -0.373. The fourth-order valence-corrected chi connectivity index (χ4v) is 2.04. The van der Waals surface area contributed by atoms with E-state index in [2.05, 4.69) is 15.5 Å². The monoisotopic (exact) mass is 327 g/mol. The Hall–Kier alpha value is -2.35. The molecule has 0 fully saturated rings. The van der Waals surface area contributed by atoms with E-state index in [4.69, 9.17) is 0 Å². The molecule has 0 aliphatic heterocycles. The molecule has 8 heteroatoms. The van der Waals surface area contributed by atoms with Crippen LogP contribution in [-0.4, -0.2) is 27.8 Å². The van der Waals surface area contributed by atoms with Crippen LogP contribution in [0.1, 0.15) is 28.6 Å². The molecule has 23 heavy (non-hydrogen) atoms. The maximum absolute atomic E-state index is 12.6. The molecule has 0 saturated carbocycles. The van der Waals surface area contributed by atoms with Crippen LogP contribution in [0.5, 0.6) is 0 Å². The number of H-pyrrole nitrogens is 1. The fourth-order valence-electron chi connectivity index (χ4n) is 2.04. The van der Waals surface area contributed by atoms with E-state index in [9.17, 15) is 23.1 Å². The molecule has 124 valence electrons. The first kappa shape index (κ1) is 17.0. The molecule has 0 radical (unpaired) electrons. The maximum atomic E-state index is 12.6. The molecular formula is C15H16F3N3O2. The van der Waals surface area contributed by atoms with E-state index < -0.39 is 17.8 Å². The summed E-state index contributed by atoms with van der Waals surface area (Å²) in [6.07, 6.45) is -5.67. The van der Waals surface area contributed by atoms with Crippen LogP contribution in [-0.2, 0) is 17.4 Å². The van der Waals surface area contributed by atoms with Gasteiger partial charge in [-0.05, 0) is 30.7 Å². The molecule has 2 aromatic rings. The van der Waals surface area contributed by atoms with Crippen molar-refractivity contribution in [1.82, 2.24) is 15.5 Å². The fraction of sp³-hybridized carbons (Fsp3) is 0.333. The molecule has 2 rings (SSSR count). The number of aliphatic hydroxyl groups is 1. The molecule has 1 aromatic heterocycles. The third-order valence-electron chi connectivity index (χ3n) is 3.19. The van der Waals surface area contributed by atoms with Gasteiger partial charge in [0.2, 0.25) is 5.91 Å². The van der Waals surface area contributed by atoms with Gasteiger partial charge in [0, 0.05) is 12.2 Å². The largest absolute Gasteiger partial charge is 0.416 e. The number of benzene rings is 1. The lowest BCUT2D eigenvalue weighted by Gasteiger charge is -2.14. The zero-order valence-corrected chi connectivity index (χ0v) is 12.3. The van der Waals surface area contributed by atoms with Crippen molar-refractivity contribution < 1.29 is 23.1 Å². The highest BCUT2D eigenvalue weighted by Gasteiger charge is 2.30. The third-order valence-corrected chi connectivity index (χ3v) is 3.19. The van der Waals surface area contributed by atoms with Crippen LogP contribution >= 0.6 is 0 Å². The first-order valence-electron chi connectivity index (χ1n) is 6.88. The van der Waals surface area contributed by atoms with Gasteiger partial charge in [-0.2, -0.15) is 18.3 Å². The number of aryl methyl sites for hydroxylation is 1. The maximum Gasteiger partial charge on any atom is 0.416 e. The van der Waals surface area contributed by atoms with Crippen molar-refractivity contribution in [3.05, 3.63) is 52.8 Å². The van der Waals surface area contributed by atoms with E-state index in [1.807, 2.05) is 0 Å². The number of carbonyl (C=O) groups excluding carboxylic acids is 1. The van der Waals surface area contributed by atoms with Gasteiger partial charge in [-0.25, -0.2) is 0 Å². The summed E-state index contributed by atoms with van der Waals surface area (Å²) in [7, 11) is 0. The summed E-state index contributed by atoms with van der Waals surface area (Å²) in [6.45, 7) is 1.62. The first-order chi connectivity index (χ1) is 10.8. The van der Waals surface area contributed by atoms with Gasteiger partial charge >= 0.3 is 6.18 Å². The van der Waals surface area contributed by atoms with Crippen molar-refractivity contribution in [1.29, 1.82) is 0 Å². The van der Waals surface area contributed by atoms with Gasteiger partial charge in [-0.3, -0.25) is 9.89 Å². The molecule has 0 aliphatic rings. The SMILES string of the molecule is Cc1cc(CC(=O)NCC(O)c2cccc(C(F)(F)F)c2)n[nH]1. The van der Waals surface area contributed by atoms with Crippen molar-refractivity contribution >= 4 is 5.91 Å². The molecule has 1 unspecified atom stereocenters. The van der Waals surface area contributed by atoms with Crippen molar-refractivity contribution in [2.45, 2.75) is 25.6 Å². The Morgan fingerprint density at radius 3 is 2.74 bits per heavy atom. The molecule has 5 nitrogen and oxygen atoms in total. The predicted octanol–water partition coefficient (Wildman–Crippen LogP) is 2.13. The molecule has 0 bridgehead atoms. The van der Waals surface area contributed by atoms with Gasteiger partial charge in [-0.1, -0.05) is 12.1 Å². The van der Waals surface area contributed by atoms with Crippen molar-refractivity contribution in [3.63, 3.8) is 0 Å². The Morgan fingerprint density at radius 2 is 2.13 bits per heavy atom. The lowest BCUT2D eigenvalue weighted by molar-refractivity contribution is -0.137. The number of aliphatic hydroxyl groups excluding tert-OH is 1. The van der Waals surface area contributed by atoms with Crippen LogP contribution in [0.2, 0.25) is 0 Å². The van der Waals surface area contributed by atoms with E-state index in [0.717, 1.165) is 17.8 Å². The summed E-state index contributed by atoms with van der Waals surface area (Å²) in [5.41, 5.74) is 0.619. The number of aromatic amines is 1. The number of hydrogen-bond acceptors (Lipinski definition) is 3. The number of nitrogens with zero attached hydrogens (tertiary/aromatic N) is 1. The summed E-state index contributed by atoms with van der Waals surface area (Å²) >= 11 is 0. The lowest BCUT2D eigenvalue weighted by atomic mass is 10.1. The molecule has 3 N–H and O–H groups in total. The Labute approximate surface area is 130 Å². The Morgan fingerprint density at radius 1 is 1.39 bits per heavy atom. The van der Waals surface area contributed by atoms with E-state index in [0.29, 0.717) is 5.69 Å². The van der Waals surface area contributed by atoms with E-state index in [1.165, 1.54) is 12.1 Å². The van der Waals surface area contributed by atoms with Crippen LogP contribution in [0.4, 0.5) is 13.2 Å². The second-order valence-corrected chi connectivity index (χ2v) is 5.16. The van der Waals surface area contributed by atoms with E-state index >= 15 is 0 Å². The van der Waals surface area contributed by atoms with Crippen LogP contribution in [0.3, 0.4) is 0 Å². The lowest BCUT2D eigenvalue weighted by Crippen LogP contribution is -2.29. The van der Waals surface area contributed by atoms with Gasteiger partial charge < -0.3 is 10.4 Å². The topological polar surface area (TPSA) is 78.0 Å². The Bertz CT molecular complexity index is 683. The minimum atomic E-state index is -4.48. The quantitative estimate of drug-likeness (QED) is 0.787. The van der Waals surface area contributed by atoms with Crippen LogP contribution in [0.25, 0.3) is 0 Å². The zero-order chi connectivity index (χ0) is 17.0. The molecule has 0 spiro atoms. The van der Waals surface area contributed by atoms with Crippen LogP contribution in [0.15, 0.2) is 30.3 Å². The second kappa shape index (κ2) is 6.82. The second-order valence-electron chi connectivity index (χ2n) is 5.16. The third kappa shape index (κ3) is 4.82. The molecule has 1 heterocycles. The first-order valence-corrected chi connectivity index (χ1v) is 6.88. The molecule has 1 atom stereocenters. The van der Waals surface area contributed by atoms with Gasteiger partial charge in [0.25, 0.3) is 0 Å². The molecule has 0 saturated heterocycles. The van der Waals surface area contributed by atoms with E-state index in [-0.39, 0.29) is 24.4 Å².